The minimum Gasteiger partial charge on any atom is -0.406 e. The van der Waals surface area contributed by atoms with Gasteiger partial charge in [0, 0.05) is 24.1 Å². The van der Waals surface area contributed by atoms with Crippen LogP contribution >= 0.6 is 11.3 Å². The zero-order valence-electron chi connectivity index (χ0n) is 20.6. The van der Waals surface area contributed by atoms with Gasteiger partial charge in [0.15, 0.2) is 10.9 Å². The van der Waals surface area contributed by atoms with Gasteiger partial charge in [-0.3, -0.25) is 4.79 Å². The number of fused-ring (bicyclic) bond motifs is 2. The second kappa shape index (κ2) is 10.3. The first-order valence-electron chi connectivity index (χ1n) is 12.4. The molecule has 0 unspecified atom stereocenters. The van der Waals surface area contributed by atoms with Gasteiger partial charge in [-0.25, -0.2) is 9.97 Å². The Bertz CT molecular complexity index is 1420. The van der Waals surface area contributed by atoms with E-state index >= 15 is 0 Å². The molecular weight excluding hydrogens is 503 g/mol. The zero-order chi connectivity index (χ0) is 26.2. The van der Waals surface area contributed by atoms with E-state index in [4.69, 9.17) is 4.98 Å². The Kier molecular flexibility index (Phi) is 7.09. The van der Waals surface area contributed by atoms with Gasteiger partial charge < -0.3 is 19.5 Å². The lowest BCUT2D eigenvalue weighted by Crippen LogP contribution is -2.31. The van der Waals surface area contributed by atoms with Crippen LogP contribution in [0.3, 0.4) is 0 Å². The number of nitrogens with zero attached hydrogens (tertiary/aromatic N) is 4. The van der Waals surface area contributed by atoms with Gasteiger partial charge in [-0.1, -0.05) is 24.7 Å². The van der Waals surface area contributed by atoms with Crippen molar-refractivity contribution in [1.29, 1.82) is 0 Å². The number of piperidine rings is 1. The quantitative estimate of drug-likeness (QED) is 0.249. The number of ether oxygens (including phenoxy) is 1. The van der Waals surface area contributed by atoms with Crippen molar-refractivity contribution in [2.24, 2.45) is 0 Å². The molecule has 0 aliphatic carbocycles. The number of ketones is 1. The van der Waals surface area contributed by atoms with Crippen molar-refractivity contribution in [3.8, 4) is 5.75 Å². The third kappa shape index (κ3) is 5.72. The van der Waals surface area contributed by atoms with E-state index in [0.717, 1.165) is 49.8 Å². The first-order valence-corrected chi connectivity index (χ1v) is 13.2. The van der Waals surface area contributed by atoms with Gasteiger partial charge in [0.2, 0.25) is 5.95 Å². The van der Waals surface area contributed by atoms with Crippen LogP contribution in [-0.2, 0) is 0 Å². The smallest absolute Gasteiger partial charge is 0.406 e. The summed E-state index contributed by atoms with van der Waals surface area (Å²) in [5, 5.41) is 3.82. The number of Topliss-reactive ketones (excluding diaryl/α,β-unsaturated/α-hetero) is 1. The Morgan fingerprint density at radius 3 is 2.65 bits per heavy atom. The van der Waals surface area contributed by atoms with Gasteiger partial charge in [0.25, 0.3) is 0 Å². The van der Waals surface area contributed by atoms with E-state index in [1.165, 1.54) is 29.5 Å². The average molecular weight is 532 g/mol. The molecule has 4 aromatic rings. The van der Waals surface area contributed by atoms with E-state index in [-0.39, 0.29) is 17.6 Å². The van der Waals surface area contributed by atoms with Crippen LogP contribution in [0.5, 0.6) is 5.75 Å². The molecule has 37 heavy (non-hydrogen) atoms. The molecule has 5 rings (SSSR count). The SMILES string of the molecule is CCCCC(=O)c1ccc2c(c1)nc(Nc1nc3ccc(OC(F)(F)F)cc3s1)n2C1CCN(C)CC1. The lowest BCUT2D eigenvalue weighted by atomic mass is 10.0. The number of imidazole rings is 1. The van der Waals surface area contributed by atoms with Crippen LogP contribution in [0.2, 0.25) is 0 Å². The maximum atomic E-state index is 12.6. The minimum atomic E-state index is -4.75. The number of halogens is 3. The molecule has 0 saturated carbocycles. The predicted octanol–water partition coefficient (Wildman–Crippen LogP) is 6.93. The predicted molar refractivity (Wildman–Crippen MR) is 139 cm³/mol. The van der Waals surface area contributed by atoms with Gasteiger partial charge in [-0.2, -0.15) is 0 Å². The number of rotatable bonds is 8. The van der Waals surface area contributed by atoms with Crippen molar-refractivity contribution < 1.29 is 22.7 Å². The summed E-state index contributed by atoms with van der Waals surface area (Å²) in [6, 6.07) is 9.99. The first-order chi connectivity index (χ1) is 17.7. The zero-order valence-corrected chi connectivity index (χ0v) is 21.5. The highest BCUT2D eigenvalue weighted by molar-refractivity contribution is 7.22. The van der Waals surface area contributed by atoms with Gasteiger partial charge in [-0.15, -0.1) is 13.2 Å². The van der Waals surface area contributed by atoms with Crippen LogP contribution in [0.1, 0.15) is 55.4 Å². The van der Waals surface area contributed by atoms with E-state index in [9.17, 15) is 18.0 Å². The summed E-state index contributed by atoms with van der Waals surface area (Å²) in [7, 11) is 2.10. The number of carbonyl (C=O) groups is 1. The second-order valence-electron chi connectivity index (χ2n) is 9.39. The lowest BCUT2D eigenvalue weighted by molar-refractivity contribution is -0.274. The van der Waals surface area contributed by atoms with Crippen LogP contribution in [-0.4, -0.2) is 51.7 Å². The summed E-state index contributed by atoms with van der Waals surface area (Å²) >= 11 is 1.23. The highest BCUT2D eigenvalue weighted by atomic mass is 32.1. The van der Waals surface area contributed by atoms with Crippen LogP contribution in [0.4, 0.5) is 24.3 Å². The van der Waals surface area contributed by atoms with Crippen LogP contribution in [0, 0.1) is 0 Å². The molecule has 7 nitrogen and oxygen atoms in total. The lowest BCUT2D eigenvalue weighted by Gasteiger charge is -2.31. The van der Waals surface area contributed by atoms with Crippen LogP contribution in [0.15, 0.2) is 36.4 Å². The number of alkyl halides is 3. The summed E-state index contributed by atoms with van der Waals surface area (Å²) in [6.45, 7) is 3.98. The van der Waals surface area contributed by atoms with Crippen molar-refractivity contribution in [2.75, 3.05) is 25.5 Å². The van der Waals surface area contributed by atoms with Crippen LogP contribution < -0.4 is 10.1 Å². The number of unbranched alkanes of at least 4 members (excludes halogenated alkanes) is 1. The fourth-order valence-corrected chi connectivity index (χ4v) is 5.60. The summed E-state index contributed by atoms with van der Waals surface area (Å²) in [5.41, 5.74) is 2.88. The summed E-state index contributed by atoms with van der Waals surface area (Å²) in [5.74, 6) is 0.428. The van der Waals surface area contributed by atoms with E-state index in [1.807, 2.05) is 18.2 Å². The molecule has 196 valence electrons. The number of anilines is 2. The summed E-state index contributed by atoms with van der Waals surface area (Å²) in [6.07, 6.45) is -0.541. The number of likely N-dealkylation sites (tertiary alicyclic amines) is 1. The molecule has 0 spiro atoms. The maximum Gasteiger partial charge on any atom is 0.573 e. The van der Waals surface area contributed by atoms with Gasteiger partial charge in [-0.05, 0) is 69.7 Å². The highest BCUT2D eigenvalue weighted by Gasteiger charge is 2.31. The average Bonchev–Trinajstić information content (AvgIpc) is 3.41. The molecule has 11 heteroatoms. The highest BCUT2D eigenvalue weighted by Crippen LogP contribution is 2.36. The summed E-state index contributed by atoms with van der Waals surface area (Å²) in [4.78, 5) is 24.3. The fraction of sp³-hybridized carbons (Fsp3) is 0.423. The van der Waals surface area contributed by atoms with Crippen molar-refractivity contribution in [3.05, 3.63) is 42.0 Å². The molecule has 0 bridgehead atoms. The Morgan fingerprint density at radius 2 is 1.92 bits per heavy atom. The third-order valence-electron chi connectivity index (χ3n) is 6.63. The normalized spacial score (nSPS) is 15.5. The molecule has 0 radical (unpaired) electrons. The largest absolute Gasteiger partial charge is 0.573 e. The number of aromatic nitrogens is 3. The second-order valence-corrected chi connectivity index (χ2v) is 10.4. The number of hydrogen-bond donors (Lipinski definition) is 1. The van der Waals surface area contributed by atoms with E-state index in [1.54, 1.807) is 0 Å². The fourth-order valence-electron chi connectivity index (χ4n) is 4.72. The molecule has 2 aromatic heterocycles. The summed E-state index contributed by atoms with van der Waals surface area (Å²) < 4.78 is 44.7. The molecule has 3 heterocycles. The number of carbonyl (C=O) groups excluding carboxylic acids is 1. The third-order valence-corrected chi connectivity index (χ3v) is 7.57. The molecule has 1 N–H and O–H groups in total. The molecule has 2 aromatic carbocycles. The van der Waals surface area contributed by atoms with Crippen LogP contribution in [0.25, 0.3) is 21.3 Å². The molecule has 0 atom stereocenters. The Labute approximate surface area is 216 Å². The molecule has 0 amide bonds. The van der Waals surface area contributed by atoms with E-state index < -0.39 is 6.36 Å². The number of nitrogens with one attached hydrogen (secondary N) is 1. The van der Waals surface area contributed by atoms with Gasteiger partial charge >= 0.3 is 6.36 Å². The molecular formula is C26H28F3N5O2S. The standard InChI is InChI=1S/C26H28F3N5O2S/c1-3-4-5-22(35)16-6-9-21-20(14-16)30-24(34(21)17-10-12-33(2)13-11-17)32-25-31-19-8-7-18(15-23(19)37-25)36-26(27,28)29/h6-9,14-15,17H,3-5,10-13H2,1-2H3,(H,30,31,32). The van der Waals surface area contributed by atoms with Crippen molar-refractivity contribution >= 4 is 49.4 Å². The van der Waals surface area contributed by atoms with E-state index in [0.29, 0.717) is 33.3 Å². The van der Waals surface area contributed by atoms with Gasteiger partial charge in [0.1, 0.15) is 5.75 Å². The number of benzene rings is 2. The topological polar surface area (TPSA) is 72.3 Å². The molecule has 1 aliphatic rings. The molecule has 1 fully saturated rings. The Balaban J connectivity index is 1.50. The maximum absolute atomic E-state index is 12.6. The monoisotopic (exact) mass is 531 g/mol. The Morgan fingerprint density at radius 1 is 1.14 bits per heavy atom. The minimum absolute atomic E-state index is 0.107. The van der Waals surface area contributed by atoms with Crippen molar-refractivity contribution in [2.45, 2.75) is 51.4 Å². The van der Waals surface area contributed by atoms with Gasteiger partial charge in [0.05, 0.1) is 21.3 Å². The molecule has 1 saturated heterocycles. The molecule has 1 aliphatic heterocycles. The first kappa shape index (κ1) is 25.5. The number of hydrogen-bond acceptors (Lipinski definition) is 7. The van der Waals surface area contributed by atoms with Crippen molar-refractivity contribution in [1.82, 2.24) is 19.4 Å². The Hall–Kier alpha value is -3.18. The number of thiazole rings is 1. The van der Waals surface area contributed by atoms with Crippen molar-refractivity contribution in [3.63, 3.8) is 0 Å². The van der Waals surface area contributed by atoms with E-state index in [2.05, 4.69) is 38.5 Å².